The molecule has 0 aromatic carbocycles. The number of esters is 2. The van der Waals surface area contributed by atoms with Crippen molar-refractivity contribution in [2.24, 2.45) is 0 Å². The quantitative estimate of drug-likeness (QED) is 0.0284. The van der Waals surface area contributed by atoms with Gasteiger partial charge < -0.3 is 23.8 Å². The van der Waals surface area contributed by atoms with Crippen LogP contribution < -0.4 is 0 Å². The zero-order valence-electron chi connectivity index (χ0n) is 37.3. The summed E-state index contributed by atoms with van der Waals surface area (Å²) in [7, 11) is 5.53. The predicted octanol–water partition coefficient (Wildman–Crippen LogP) is 12.9. The second kappa shape index (κ2) is 39.6. The molecule has 0 spiro atoms. The van der Waals surface area contributed by atoms with Crippen LogP contribution in [0.4, 0.5) is 0 Å². The number of ether oxygens (including phenoxy) is 3. The van der Waals surface area contributed by atoms with Crippen molar-refractivity contribution in [3.8, 4) is 0 Å². The van der Waals surface area contributed by atoms with Gasteiger partial charge in [0.2, 0.25) is 0 Å². The molecule has 2 unspecified atom stereocenters. The first-order chi connectivity index (χ1) is 27.1. The number of allylic oxidation sites excluding steroid dienone is 4. The lowest BCUT2D eigenvalue weighted by Crippen LogP contribution is -2.50. The highest BCUT2D eigenvalue weighted by molar-refractivity contribution is 5.72. The van der Waals surface area contributed by atoms with Gasteiger partial charge in [-0.3, -0.25) is 9.59 Å². The largest absolute Gasteiger partial charge is 0.477 e. The molecule has 0 bridgehead atoms. The monoisotopic (exact) mass is 793 g/mol. The van der Waals surface area contributed by atoms with Gasteiger partial charge >= 0.3 is 17.9 Å². The first-order valence-electron chi connectivity index (χ1n) is 23.4. The molecule has 0 saturated carbocycles. The standard InChI is InChI=1S/C48H89NO7/c1-6-8-10-12-14-16-18-20-21-22-23-24-25-26-27-29-31-33-35-37-39-47(51)56-44(42-54-41-40-45(48(52)53)49(3,4)5)43-55-46(50)38-36-34-32-30-28-19-17-15-13-11-9-7-2/h16,18,20-21,44-45H,6-15,17,19,22-43H2,1-5H3/p+1/b18-16+,21-20+. The highest BCUT2D eigenvalue weighted by Gasteiger charge is 2.31. The fraction of sp³-hybridized carbons (Fsp3) is 0.854. The van der Waals surface area contributed by atoms with Crippen LogP contribution in [-0.2, 0) is 28.6 Å². The fourth-order valence-corrected chi connectivity index (χ4v) is 6.97. The molecular formula is C48H90NO7+. The van der Waals surface area contributed by atoms with Crippen LogP contribution in [-0.4, -0.2) is 80.6 Å². The third kappa shape index (κ3) is 37.4. The number of hydrogen-bond acceptors (Lipinski definition) is 6. The third-order valence-electron chi connectivity index (χ3n) is 10.6. The number of quaternary nitrogens is 1. The van der Waals surface area contributed by atoms with E-state index in [-0.39, 0.29) is 36.2 Å². The molecule has 0 fully saturated rings. The van der Waals surface area contributed by atoms with Crippen molar-refractivity contribution in [1.29, 1.82) is 0 Å². The first kappa shape index (κ1) is 53.8. The molecule has 0 rings (SSSR count). The van der Waals surface area contributed by atoms with Crippen LogP contribution in [0.1, 0.15) is 213 Å². The molecule has 0 aliphatic rings. The Balaban J connectivity index is 4.26. The normalized spacial score (nSPS) is 13.1. The number of nitrogens with zero attached hydrogens (tertiary/aromatic N) is 1. The van der Waals surface area contributed by atoms with E-state index in [9.17, 15) is 19.5 Å². The third-order valence-corrected chi connectivity index (χ3v) is 10.6. The number of rotatable bonds is 42. The van der Waals surface area contributed by atoms with E-state index >= 15 is 0 Å². The fourth-order valence-electron chi connectivity index (χ4n) is 6.97. The van der Waals surface area contributed by atoms with E-state index in [1.54, 1.807) is 0 Å². The average Bonchev–Trinajstić information content (AvgIpc) is 3.15. The van der Waals surface area contributed by atoms with Gasteiger partial charge in [0, 0.05) is 19.3 Å². The van der Waals surface area contributed by atoms with Crippen LogP contribution in [0.25, 0.3) is 0 Å². The second-order valence-electron chi connectivity index (χ2n) is 17.0. The van der Waals surface area contributed by atoms with E-state index in [2.05, 4.69) is 38.2 Å². The molecule has 8 nitrogen and oxygen atoms in total. The minimum absolute atomic E-state index is 0.0478. The van der Waals surface area contributed by atoms with Crippen molar-refractivity contribution in [2.45, 2.75) is 225 Å². The molecular weight excluding hydrogens is 703 g/mol. The van der Waals surface area contributed by atoms with Crippen molar-refractivity contribution in [2.75, 3.05) is 41.0 Å². The topological polar surface area (TPSA) is 99.1 Å². The van der Waals surface area contributed by atoms with Gasteiger partial charge in [-0.2, -0.15) is 0 Å². The summed E-state index contributed by atoms with van der Waals surface area (Å²) in [6.07, 6.45) is 43.6. The number of carbonyl (C=O) groups excluding carboxylic acids is 2. The summed E-state index contributed by atoms with van der Waals surface area (Å²) in [6.45, 7) is 4.73. The molecule has 0 saturated heterocycles. The van der Waals surface area contributed by atoms with Crippen molar-refractivity contribution < 1.29 is 38.2 Å². The number of hydrogen-bond donors (Lipinski definition) is 1. The zero-order valence-corrected chi connectivity index (χ0v) is 37.3. The Hall–Kier alpha value is -2.19. The SMILES string of the molecule is CCCCCC/C=C/C=C/CCCCCCCCCCCCC(=O)OC(COCCC(C(=O)O)[N+](C)(C)C)COC(=O)CCCCCCCCCCCCCC. The summed E-state index contributed by atoms with van der Waals surface area (Å²) >= 11 is 0. The second-order valence-corrected chi connectivity index (χ2v) is 17.0. The minimum atomic E-state index is -0.873. The molecule has 56 heavy (non-hydrogen) atoms. The molecule has 0 aliphatic heterocycles. The molecule has 0 heterocycles. The molecule has 1 N–H and O–H groups in total. The van der Waals surface area contributed by atoms with Crippen molar-refractivity contribution in [1.82, 2.24) is 0 Å². The summed E-state index contributed by atoms with van der Waals surface area (Å²) in [6, 6.07) is -0.612. The summed E-state index contributed by atoms with van der Waals surface area (Å²) in [4.78, 5) is 37.0. The molecule has 328 valence electrons. The lowest BCUT2D eigenvalue weighted by Gasteiger charge is -2.31. The van der Waals surface area contributed by atoms with Gasteiger partial charge in [0.05, 0.1) is 34.4 Å². The maximum Gasteiger partial charge on any atom is 0.362 e. The molecule has 0 radical (unpaired) electrons. The Morgan fingerprint density at radius 1 is 0.536 bits per heavy atom. The number of carbonyl (C=O) groups is 3. The van der Waals surface area contributed by atoms with E-state index in [1.807, 2.05) is 21.1 Å². The van der Waals surface area contributed by atoms with Crippen LogP contribution >= 0.6 is 0 Å². The Morgan fingerprint density at radius 2 is 0.929 bits per heavy atom. The minimum Gasteiger partial charge on any atom is -0.477 e. The molecule has 2 atom stereocenters. The van der Waals surface area contributed by atoms with Gasteiger partial charge in [0.25, 0.3) is 0 Å². The maximum atomic E-state index is 12.7. The summed E-state index contributed by atoms with van der Waals surface area (Å²) in [5, 5.41) is 9.62. The van der Waals surface area contributed by atoms with Crippen molar-refractivity contribution in [3.05, 3.63) is 24.3 Å². The molecule has 0 aliphatic carbocycles. The van der Waals surface area contributed by atoms with Crippen LogP contribution in [0.3, 0.4) is 0 Å². The van der Waals surface area contributed by atoms with Gasteiger partial charge in [-0.15, -0.1) is 0 Å². The summed E-state index contributed by atoms with van der Waals surface area (Å²) < 4.78 is 17.3. The van der Waals surface area contributed by atoms with E-state index in [1.165, 1.54) is 141 Å². The Kier molecular flexibility index (Phi) is 38.1. The molecule has 0 aromatic rings. The van der Waals surface area contributed by atoms with Crippen molar-refractivity contribution in [3.63, 3.8) is 0 Å². The highest BCUT2D eigenvalue weighted by Crippen LogP contribution is 2.15. The van der Waals surface area contributed by atoms with Crippen LogP contribution in [0, 0.1) is 0 Å². The molecule has 0 amide bonds. The van der Waals surface area contributed by atoms with Crippen LogP contribution in [0.5, 0.6) is 0 Å². The maximum absolute atomic E-state index is 12.7. The Bertz CT molecular complexity index is 973. The number of aliphatic carboxylic acids is 1. The van der Waals surface area contributed by atoms with Gasteiger partial charge in [-0.1, -0.05) is 179 Å². The summed E-state index contributed by atoms with van der Waals surface area (Å²) in [5.41, 5.74) is 0. The molecule has 0 aromatic heterocycles. The predicted molar refractivity (Wildman–Crippen MR) is 234 cm³/mol. The van der Waals surface area contributed by atoms with E-state index in [4.69, 9.17) is 14.2 Å². The van der Waals surface area contributed by atoms with Crippen molar-refractivity contribution >= 4 is 17.9 Å². The first-order valence-corrected chi connectivity index (χ1v) is 23.4. The van der Waals surface area contributed by atoms with Gasteiger partial charge in [-0.05, 0) is 38.5 Å². The van der Waals surface area contributed by atoms with E-state index in [0.717, 1.165) is 38.5 Å². The number of carboxylic acids is 1. The lowest BCUT2D eigenvalue weighted by molar-refractivity contribution is -0.887. The Labute approximate surface area is 345 Å². The van der Waals surface area contributed by atoms with Gasteiger partial charge in [-0.25, -0.2) is 4.79 Å². The van der Waals surface area contributed by atoms with E-state index in [0.29, 0.717) is 19.3 Å². The van der Waals surface area contributed by atoms with Crippen LogP contribution in [0.15, 0.2) is 24.3 Å². The smallest absolute Gasteiger partial charge is 0.362 e. The highest BCUT2D eigenvalue weighted by atomic mass is 16.6. The number of likely N-dealkylation sites (N-methyl/N-ethyl adjacent to an activating group) is 1. The van der Waals surface area contributed by atoms with E-state index < -0.39 is 18.1 Å². The zero-order chi connectivity index (χ0) is 41.4. The Morgan fingerprint density at radius 3 is 1.36 bits per heavy atom. The number of unbranched alkanes of at least 4 members (excludes halogenated alkanes) is 25. The van der Waals surface area contributed by atoms with Gasteiger partial charge in [0.1, 0.15) is 6.61 Å². The average molecular weight is 793 g/mol. The lowest BCUT2D eigenvalue weighted by atomic mass is 10.0. The number of carboxylic acid groups (broad SMARTS) is 1. The van der Waals surface area contributed by atoms with Gasteiger partial charge in [0.15, 0.2) is 12.1 Å². The van der Waals surface area contributed by atoms with Crippen LogP contribution in [0.2, 0.25) is 0 Å². The molecule has 8 heteroatoms. The summed E-state index contributed by atoms with van der Waals surface area (Å²) in [5.74, 6) is -1.46.